The van der Waals surface area contributed by atoms with Crippen LogP contribution in [-0.2, 0) is 0 Å². The summed E-state index contributed by atoms with van der Waals surface area (Å²) in [6.45, 7) is 0. The molecule has 1 N–H and O–H groups in total. The highest BCUT2D eigenvalue weighted by Gasteiger charge is 2.30. The lowest BCUT2D eigenvalue weighted by Gasteiger charge is -2.08. The number of benzene rings is 2. The summed E-state index contributed by atoms with van der Waals surface area (Å²) in [5, 5.41) is 0. The molecule has 0 atom stereocenters. The van der Waals surface area contributed by atoms with E-state index in [1.54, 1.807) is 12.2 Å². The van der Waals surface area contributed by atoms with Crippen molar-refractivity contribution in [2.24, 2.45) is 0 Å². The molecule has 2 aromatic carbocycles. The summed E-state index contributed by atoms with van der Waals surface area (Å²) in [5.74, 6) is 0.414. The molecule has 3 rings (SSSR count). The van der Waals surface area contributed by atoms with Crippen LogP contribution in [0, 0.1) is 0 Å². The van der Waals surface area contributed by atoms with Crippen LogP contribution in [0.5, 0.6) is 5.75 Å². The summed E-state index contributed by atoms with van der Waals surface area (Å²) in [4.78, 5) is 7.55. The Morgan fingerprint density at radius 1 is 1.04 bits per heavy atom. The third kappa shape index (κ3) is 4.13. The van der Waals surface area contributed by atoms with Gasteiger partial charge in [0.05, 0.1) is 11.0 Å². The van der Waals surface area contributed by atoms with Crippen LogP contribution >= 0.6 is 15.9 Å². The van der Waals surface area contributed by atoms with E-state index < -0.39 is 6.36 Å². The van der Waals surface area contributed by atoms with Gasteiger partial charge in [-0.1, -0.05) is 34.1 Å². The maximum Gasteiger partial charge on any atom is 0.573 e. The van der Waals surface area contributed by atoms with Crippen molar-refractivity contribution < 1.29 is 17.9 Å². The van der Waals surface area contributed by atoms with Gasteiger partial charge in [-0.25, -0.2) is 4.98 Å². The first kappa shape index (κ1) is 15.6. The van der Waals surface area contributed by atoms with Gasteiger partial charge in [-0.2, -0.15) is 0 Å². The number of alkyl halides is 3. The van der Waals surface area contributed by atoms with Gasteiger partial charge < -0.3 is 9.72 Å². The van der Waals surface area contributed by atoms with E-state index in [0.29, 0.717) is 5.82 Å². The van der Waals surface area contributed by atoms with Gasteiger partial charge in [-0.15, -0.1) is 13.2 Å². The van der Waals surface area contributed by atoms with Gasteiger partial charge in [0, 0.05) is 4.47 Å². The summed E-state index contributed by atoms with van der Waals surface area (Å²) in [6, 6.07) is 11.3. The van der Waals surface area contributed by atoms with Crippen LogP contribution in [-0.4, -0.2) is 16.3 Å². The second-order valence-electron chi connectivity index (χ2n) is 4.73. The van der Waals surface area contributed by atoms with Gasteiger partial charge in [-0.3, -0.25) is 0 Å². The van der Waals surface area contributed by atoms with E-state index in [1.165, 1.54) is 24.3 Å². The average molecular weight is 383 g/mol. The molecule has 23 heavy (non-hydrogen) atoms. The van der Waals surface area contributed by atoms with E-state index in [4.69, 9.17) is 0 Å². The highest BCUT2D eigenvalue weighted by molar-refractivity contribution is 9.10. The summed E-state index contributed by atoms with van der Waals surface area (Å²) in [6.07, 6.45) is -1.17. The molecule has 7 heteroatoms. The zero-order valence-electron chi connectivity index (χ0n) is 11.6. The molecule has 0 aliphatic rings. The van der Waals surface area contributed by atoms with Crippen molar-refractivity contribution in [2.45, 2.75) is 6.36 Å². The number of hydrogen-bond acceptors (Lipinski definition) is 2. The lowest BCUT2D eigenvalue weighted by Crippen LogP contribution is -2.16. The predicted molar refractivity (Wildman–Crippen MR) is 85.8 cm³/mol. The standard InChI is InChI=1S/C16H10BrF3N2O/c17-11-4-7-13-14(9-11)22-15(21-13)8-3-10-1-5-12(6-2-10)23-16(18,19)20/h1-9H,(H,21,22). The molecule has 0 radical (unpaired) electrons. The van der Waals surface area contributed by atoms with Crippen molar-refractivity contribution in [1.82, 2.24) is 9.97 Å². The van der Waals surface area contributed by atoms with Crippen molar-refractivity contribution in [3.8, 4) is 5.75 Å². The molecular weight excluding hydrogens is 373 g/mol. The minimum Gasteiger partial charge on any atom is -0.406 e. The first-order chi connectivity index (χ1) is 10.9. The van der Waals surface area contributed by atoms with Crippen molar-refractivity contribution in [2.75, 3.05) is 0 Å². The molecule has 1 aromatic heterocycles. The Hall–Kier alpha value is -2.28. The Labute approximate surface area is 137 Å². The number of nitrogens with one attached hydrogen (secondary N) is 1. The number of H-pyrrole nitrogens is 1. The molecule has 0 aliphatic heterocycles. The third-order valence-electron chi connectivity index (χ3n) is 3.01. The number of hydrogen-bond donors (Lipinski definition) is 1. The first-order valence-corrected chi connectivity index (χ1v) is 7.37. The lowest BCUT2D eigenvalue weighted by molar-refractivity contribution is -0.274. The molecule has 0 amide bonds. The molecule has 0 saturated heterocycles. The smallest absolute Gasteiger partial charge is 0.406 e. The van der Waals surface area contributed by atoms with Crippen molar-refractivity contribution in [3.63, 3.8) is 0 Å². The first-order valence-electron chi connectivity index (χ1n) is 6.58. The molecule has 3 nitrogen and oxygen atoms in total. The molecule has 0 bridgehead atoms. The molecule has 3 aromatic rings. The largest absolute Gasteiger partial charge is 0.573 e. The second kappa shape index (κ2) is 6.08. The maximum atomic E-state index is 12.1. The fraction of sp³-hybridized carbons (Fsp3) is 0.0625. The minimum atomic E-state index is -4.68. The quantitative estimate of drug-likeness (QED) is 0.658. The van der Waals surface area contributed by atoms with Crippen LogP contribution < -0.4 is 4.74 Å². The molecule has 1 heterocycles. The fourth-order valence-electron chi connectivity index (χ4n) is 2.03. The van der Waals surface area contributed by atoms with E-state index >= 15 is 0 Å². The molecule has 118 valence electrons. The Balaban J connectivity index is 1.76. The van der Waals surface area contributed by atoms with E-state index in [-0.39, 0.29) is 5.75 Å². The molecule has 0 fully saturated rings. The normalized spacial score (nSPS) is 12.2. The topological polar surface area (TPSA) is 37.9 Å². The average Bonchev–Trinajstić information content (AvgIpc) is 2.87. The van der Waals surface area contributed by atoms with Crippen LogP contribution in [0.4, 0.5) is 13.2 Å². The lowest BCUT2D eigenvalue weighted by atomic mass is 10.2. The van der Waals surface area contributed by atoms with Gasteiger partial charge in [-0.05, 0) is 42.0 Å². The molecule has 0 aliphatic carbocycles. The zero-order chi connectivity index (χ0) is 16.4. The number of aromatic amines is 1. The number of aromatic nitrogens is 2. The second-order valence-corrected chi connectivity index (χ2v) is 5.65. The number of fused-ring (bicyclic) bond motifs is 1. The van der Waals surface area contributed by atoms with Crippen LogP contribution in [0.3, 0.4) is 0 Å². The van der Waals surface area contributed by atoms with Crippen LogP contribution in [0.15, 0.2) is 46.9 Å². The maximum absolute atomic E-state index is 12.1. The predicted octanol–water partition coefficient (Wildman–Crippen LogP) is 5.39. The van der Waals surface area contributed by atoms with E-state index in [2.05, 4.69) is 30.6 Å². The third-order valence-corrected chi connectivity index (χ3v) is 3.50. The number of imidazole rings is 1. The van der Waals surface area contributed by atoms with E-state index in [0.717, 1.165) is 21.1 Å². The fourth-order valence-corrected chi connectivity index (χ4v) is 2.38. The number of ether oxygens (including phenoxy) is 1. The van der Waals surface area contributed by atoms with Gasteiger partial charge in [0.15, 0.2) is 0 Å². The highest BCUT2D eigenvalue weighted by atomic mass is 79.9. The zero-order valence-corrected chi connectivity index (χ0v) is 13.1. The number of nitrogens with zero attached hydrogens (tertiary/aromatic N) is 1. The molecule has 0 spiro atoms. The number of rotatable bonds is 3. The van der Waals surface area contributed by atoms with Crippen LogP contribution in [0.2, 0.25) is 0 Å². The Bertz CT molecular complexity index is 854. The Kier molecular flexibility index (Phi) is 4.12. The minimum absolute atomic E-state index is 0.247. The van der Waals surface area contributed by atoms with Gasteiger partial charge in [0.2, 0.25) is 0 Å². The van der Waals surface area contributed by atoms with E-state index in [1.807, 2.05) is 18.2 Å². The molecule has 0 unspecified atom stereocenters. The van der Waals surface area contributed by atoms with Crippen molar-refractivity contribution in [1.29, 1.82) is 0 Å². The summed E-state index contributed by atoms with van der Waals surface area (Å²) in [7, 11) is 0. The number of halogens is 4. The summed E-state index contributed by atoms with van der Waals surface area (Å²) in [5.41, 5.74) is 2.47. The Morgan fingerprint density at radius 2 is 1.78 bits per heavy atom. The molecule has 0 saturated carbocycles. The van der Waals surface area contributed by atoms with Gasteiger partial charge in [0.25, 0.3) is 0 Å². The van der Waals surface area contributed by atoms with Gasteiger partial charge in [0.1, 0.15) is 11.6 Å². The summed E-state index contributed by atoms with van der Waals surface area (Å²) >= 11 is 3.38. The van der Waals surface area contributed by atoms with E-state index in [9.17, 15) is 13.2 Å². The van der Waals surface area contributed by atoms with Crippen LogP contribution in [0.1, 0.15) is 11.4 Å². The Morgan fingerprint density at radius 3 is 2.48 bits per heavy atom. The SMILES string of the molecule is FC(F)(F)Oc1ccc(C=Cc2nc3cc(Br)ccc3[nH]2)cc1. The highest BCUT2D eigenvalue weighted by Crippen LogP contribution is 2.23. The van der Waals surface area contributed by atoms with Crippen molar-refractivity contribution >= 4 is 39.1 Å². The monoisotopic (exact) mass is 382 g/mol. The van der Waals surface area contributed by atoms with Gasteiger partial charge >= 0.3 is 6.36 Å². The molecular formula is C16H10BrF3N2O. The van der Waals surface area contributed by atoms with Crippen LogP contribution in [0.25, 0.3) is 23.2 Å². The van der Waals surface area contributed by atoms with Crippen molar-refractivity contribution in [3.05, 3.63) is 58.3 Å². The summed E-state index contributed by atoms with van der Waals surface area (Å²) < 4.78 is 41.0.